The van der Waals surface area contributed by atoms with E-state index in [-0.39, 0.29) is 18.0 Å². The van der Waals surface area contributed by atoms with Crippen molar-refractivity contribution >= 4 is 34.4 Å². The molecule has 2 N–H and O–H groups in total. The fourth-order valence-corrected chi connectivity index (χ4v) is 5.24. The summed E-state index contributed by atoms with van der Waals surface area (Å²) in [6.45, 7) is 4.16. The highest BCUT2D eigenvalue weighted by molar-refractivity contribution is 5.99. The van der Waals surface area contributed by atoms with E-state index in [9.17, 15) is 4.79 Å². The van der Waals surface area contributed by atoms with Crippen LogP contribution in [0.4, 0.5) is 17.5 Å². The Kier molecular flexibility index (Phi) is 4.71. The predicted molar refractivity (Wildman–Crippen MR) is 124 cm³/mol. The number of fused-ring (bicyclic) bond motifs is 5. The van der Waals surface area contributed by atoms with Gasteiger partial charge in [0.05, 0.1) is 17.9 Å². The second-order valence-electron chi connectivity index (χ2n) is 9.12. The van der Waals surface area contributed by atoms with Crippen molar-refractivity contribution in [3.63, 3.8) is 0 Å². The zero-order valence-electron chi connectivity index (χ0n) is 18.3. The Morgan fingerprint density at radius 1 is 1.06 bits per heavy atom. The minimum Gasteiger partial charge on any atom is -0.368 e. The standard InChI is InChI=1S/C23H28N8O/c1-29-8-10-30(11-9-29)16-6-7-20(24-14-16)27-23-25-13-15-12-19-22(32)26-17-4-2-3-5-18(17)31(19)21(15)28-23/h6-7,12-14,17-18H,2-5,8-11H2,1H3,(H,26,32)(H,24,25,27,28)/t17-,18-/m0/s1. The molecular formula is C23H28N8O. The van der Waals surface area contributed by atoms with E-state index in [2.05, 4.69) is 48.1 Å². The van der Waals surface area contributed by atoms with E-state index < -0.39 is 0 Å². The largest absolute Gasteiger partial charge is 0.368 e. The van der Waals surface area contributed by atoms with Gasteiger partial charge in [0.25, 0.3) is 5.91 Å². The first-order valence-corrected chi connectivity index (χ1v) is 11.5. The summed E-state index contributed by atoms with van der Waals surface area (Å²) in [5, 5.41) is 7.32. The quantitative estimate of drug-likeness (QED) is 0.657. The molecule has 3 aromatic heterocycles. The maximum atomic E-state index is 12.7. The lowest BCUT2D eigenvalue weighted by molar-refractivity contribution is 0.0855. The number of piperazine rings is 1. The summed E-state index contributed by atoms with van der Waals surface area (Å²) in [6, 6.07) is 6.42. The lowest BCUT2D eigenvalue weighted by Crippen LogP contribution is -2.48. The van der Waals surface area contributed by atoms with Gasteiger partial charge in [-0.3, -0.25) is 4.79 Å². The van der Waals surface area contributed by atoms with Gasteiger partial charge in [0.15, 0.2) is 0 Å². The molecular weight excluding hydrogens is 404 g/mol. The van der Waals surface area contributed by atoms with Crippen LogP contribution in [-0.4, -0.2) is 69.6 Å². The van der Waals surface area contributed by atoms with Gasteiger partial charge in [-0.05, 0) is 38.1 Å². The van der Waals surface area contributed by atoms with Crippen LogP contribution >= 0.6 is 0 Å². The summed E-state index contributed by atoms with van der Waals surface area (Å²) in [6.07, 6.45) is 8.12. The molecule has 9 heteroatoms. The number of nitrogens with one attached hydrogen (secondary N) is 2. The molecule has 9 nitrogen and oxygen atoms in total. The molecule has 3 aliphatic rings. The second-order valence-corrected chi connectivity index (χ2v) is 9.12. The third-order valence-electron chi connectivity index (χ3n) is 7.04. The molecule has 2 fully saturated rings. The van der Waals surface area contributed by atoms with Crippen LogP contribution in [0.5, 0.6) is 0 Å². The minimum absolute atomic E-state index is 0.0122. The molecule has 2 aliphatic heterocycles. The Bertz CT molecular complexity index is 1150. The zero-order chi connectivity index (χ0) is 21.7. The highest BCUT2D eigenvalue weighted by atomic mass is 16.2. The summed E-state index contributed by atoms with van der Waals surface area (Å²) in [4.78, 5) is 31.2. The molecule has 0 radical (unpaired) electrons. The predicted octanol–water partition coefficient (Wildman–Crippen LogP) is 2.55. The van der Waals surface area contributed by atoms with Gasteiger partial charge in [-0.25, -0.2) is 9.97 Å². The zero-order valence-corrected chi connectivity index (χ0v) is 18.3. The van der Waals surface area contributed by atoms with E-state index >= 15 is 0 Å². The molecule has 6 rings (SSSR count). The van der Waals surface area contributed by atoms with E-state index in [1.165, 1.54) is 6.42 Å². The second kappa shape index (κ2) is 7.74. The Morgan fingerprint density at radius 3 is 2.72 bits per heavy atom. The van der Waals surface area contributed by atoms with Gasteiger partial charge in [0, 0.05) is 43.8 Å². The number of amides is 1. The number of carbonyl (C=O) groups is 1. The molecule has 0 spiro atoms. The Balaban J connectivity index is 1.26. The topological polar surface area (TPSA) is 91.2 Å². The average molecular weight is 433 g/mol. The SMILES string of the molecule is CN1CCN(c2ccc(Nc3ncc4cc5n(c4n3)[C@H]3CCCC[C@@H]3NC5=O)nc2)CC1. The maximum absolute atomic E-state index is 12.7. The molecule has 1 amide bonds. The van der Waals surface area contributed by atoms with E-state index in [1.54, 1.807) is 6.20 Å². The van der Waals surface area contributed by atoms with Crippen LogP contribution < -0.4 is 15.5 Å². The summed E-state index contributed by atoms with van der Waals surface area (Å²) in [5.74, 6) is 1.19. The Hall–Kier alpha value is -3.20. The normalized spacial score (nSPS) is 23.5. The first kappa shape index (κ1) is 19.5. The number of carbonyl (C=O) groups excluding carboxylic acids is 1. The fraction of sp³-hybridized carbons (Fsp3) is 0.478. The number of nitrogens with zero attached hydrogens (tertiary/aromatic N) is 6. The van der Waals surface area contributed by atoms with Crippen molar-refractivity contribution in [3.05, 3.63) is 36.3 Å². The minimum atomic E-state index is -0.0122. The number of anilines is 3. The molecule has 1 aliphatic carbocycles. The van der Waals surface area contributed by atoms with E-state index in [1.807, 2.05) is 18.3 Å². The highest BCUT2D eigenvalue weighted by Crippen LogP contribution is 2.36. The molecule has 1 saturated heterocycles. The van der Waals surface area contributed by atoms with Crippen LogP contribution in [0.2, 0.25) is 0 Å². The average Bonchev–Trinajstić information content (AvgIpc) is 3.20. The molecule has 0 bridgehead atoms. The smallest absolute Gasteiger partial charge is 0.268 e. The van der Waals surface area contributed by atoms with Gasteiger partial charge in [0.2, 0.25) is 5.95 Å². The molecule has 1 saturated carbocycles. The van der Waals surface area contributed by atoms with Crippen LogP contribution in [0.1, 0.15) is 42.2 Å². The van der Waals surface area contributed by atoms with E-state index in [0.717, 1.165) is 62.2 Å². The lowest BCUT2D eigenvalue weighted by atomic mass is 9.88. The molecule has 3 aromatic rings. The summed E-state index contributed by atoms with van der Waals surface area (Å²) >= 11 is 0. The van der Waals surface area contributed by atoms with Crippen LogP contribution in [0.25, 0.3) is 11.0 Å². The maximum Gasteiger partial charge on any atom is 0.268 e. The van der Waals surface area contributed by atoms with Crippen LogP contribution in [0, 0.1) is 0 Å². The summed E-state index contributed by atoms with van der Waals surface area (Å²) < 4.78 is 2.13. The van der Waals surface area contributed by atoms with Gasteiger partial charge in [-0.2, -0.15) is 4.98 Å². The van der Waals surface area contributed by atoms with Crippen molar-refractivity contribution in [3.8, 4) is 0 Å². The first-order valence-electron chi connectivity index (χ1n) is 11.5. The van der Waals surface area contributed by atoms with Crippen molar-refractivity contribution in [1.29, 1.82) is 0 Å². The fourth-order valence-electron chi connectivity index (χ4n) is 5.24. The van der Waals surface area contributed by atoms with E-state index in [0.29, 0.717) is 17.5 Å². The number of rotatable bonds is 3. The van der Waals surface area contributed by atoms with Gasteiger partial charge in [-0.15, -0.1) is 0 Å². The lowest BCUT2D eigenvalue weighted by Gasteiger charge is -2.38. The van der Waals surface area contributed by atoms with Crippen LogP contribution in [0.3, 0.4) is 0 Å². The molecule has 32 heavy (non-hydrogen) atoms. The van der Waals surface area contributed by atoms with Gasteiger partial charge >= 0.3 is 0 Å². The third kappa shape index (κ3) is 3.37. The number of hydrogen-bond acceptors (Lipinski definition) is 7. The van der Waals surface area contributed by atoms with Gasteiger partial charge in [-0.1, -0.05) is 12.8 Å². The van der Waals surface area contributed by atoms with Crippen molar-refractivity contribution in [2.45, 2.75) is 37.8 Å². The monoisotopic (exact) mass is 432 g/mol. The number of likely N-dealkylation sites (N-methyl/N-ethyl adjacent to an activating group) is 1. The molecule has 5 heterocycles. The third-order valence-corrected chi connectivity index (χ3v) is 7.04. The Morgan fingerprint density at radius 2 is 1.91 bits per heavy atom. The van der Waals surface area contributed by atoms with E-state index in [4.69, 9.17) is 4.98 Å². The first-order chi connectivity index (χ1) is 15.7. The highest BCUT2D eigenvalue weighted by Gasteiger charge is 2.36. The Labute approximate surface area is 186 Å². The van der Waals surface area contributed by atoms with Crippen molar-refractivity contribution in [2.24, 2.45) is 0 Å². The number of pyridine rings is 1. The van der Waals surface area contributed by atoms with Crippen molar-refractivity contribution in [2.75, 3.05) is 43.4 Å². The summed E-state index contributed by atoms with van der Waals surface area (Å²) in [7, 11) is 2.16. The number of aromatic nitrogens is 4. The van der Waals surface area contributed by atoms with Gasteiger partial charge < -0.3 is 25.0 Å². The van der Waals surface area contributed by atoms with Gasteiger partial charge in [0.1, 0.15) is 17.2 Å². The molecule has 166 valence electrons. The summed E-state index contributed by atoms with van der Waals surface area (Å²) in [5.41, 5.74) is 2.64. The molecule has 2 atom stereocenters. The molecule has 0 aromatic carbocycles. The van der Waals surface area contributed by atoms with Crippen LogP contribution in [-0.2, 0) is 0 Å². The number of hydrogen-bond donors (Lipinski definition) is 2. The van der Waals surface area contributed by atoms with Crippen molar-refractivity contribution < 1.29 is 4.79 Å². The van der Waals surface area contributed by atoms with Crippen LogP contribution in [0.15, 0.2) is 30.6 Å². The van der Waals surface area contributed by atoms with Crippen molar-refractivity contribution in [1.82, 2.24) is 29.7 Å². The molecule has 0 unspecified atom stereocenters.